The van der Waals surface area contributed by atoms with Crippen LogP contribution in [0.4, 0.5) is 0 Å². The predicted octanol–water partition coefficient (Wildman–Crippen LogP) is 9.99. The first-order valence-corrected chi connectivity index (χ1v) is 18.1. The molecular formula is C42H64N4O2. The second-order valence-corrected chi connectivity index (χ2v) is 14.2. The van der Waals surface area contributed by atoms with Gasteiger partial charge in [0.15, 0.2) is 0 Å². The first-order chi connectivity index (χ1) is 22.9. The fourth-order valence-electron chi connectivity index (χ4n) is 5.78. The Morgan fingerprint density at radius 3 is 2.15 bits per heavy atom. The summed E-state index contributed by atoms with van der Waals surface area (Å²) in [6.07, 6.45) is 19.2. The number of amides is 1. The zero-order valence-electron chi connectivity index (χ0n) is 31.4. The van der Waals surface area contributed by atoms with Gasteiger partial charge >= 0.3 is 0 Å². The molecule has 3 aliphatic rings. The van der Waals surface area contributed by atoms with Crippen molar-refractivity contribution in [3.8, 4) is 0 Å². The fraction of sp³-hybridized carbons (Fsp3) is 0.548. The molecule has 1 heterocycles. The van der Waals surface area contributed by atoms with Crippen molar-refractivity contribution < 1.29 is 9.90 Å². The lowest BCUT2D eigenvalue weighted by atomic mass is 9.89. The number of carbonyl (C=O) groups is 1. The smallest absolute Gasteiger partial charge is 0.247 e. The van der Waals surface area contributed by atoms with Crippen LogP contribution in [0.3, 0.4) is 0 Å². The largest absolute Gasteiger partial charge is 0.396 e. The lowest BCUT2D eigenvalue weighted by Crippen LogP contribution is -2.26. The van der Waals surface area contributed by atoms with Crippen molar-refractivity contribution in [3.63, 3.8) is 0 Å². The van der Waals surface area contributed by atoms with E-state index in [4.69, 9.17) is 5.11 Å². The average molecular weight is 657 g/mol. The molecule has 0 atom stereocenters. The van der Waals surface area contributed by atoms with Crippen LogP contribution in [-0.2, 0) is 11.2 Å². The first-order valence-electron chi connectivity index (χ1n) is 18.1. The number of amidine groups is 2. The molecule has 2 N–H and O–H groups in total. The van der Waals surface area contributed by atoms with E-state index in [1.54, 1.807) is 6.20 Å². The van der Waals surface area contributed by atoms with Crippen molar-refractivity contribution in [2.45, 2.75) is 119 Å². The zero-order valence-corrected chi connectivity index (χ0v) is 31.4. The van der Waals surface area contributed by atoms with Crippen molar-refractivity contribution >= 4 is 23.2 Å². The molecule has 2 aliphatic carbocycles. The van der Waals surface area contributed by atoms with E-state index in [-0.39, 0.29) is 17.9 Å². The Morgan fingerprint density at radius 2 is 1.71 bits per heavy atom. The summed E-state index contributed by atoms with van der Waals surface area (Å²) in [6, 6.07) is 8.71. The Bertz CT molecular complexity index is 1360. The number of nitrogens with zero attached hydrogens (tertiary/aromatic N) is 3. The molecule has 1 amide bonds. The summed E-state index contributed by atoms with van der Waals surface area (Å²) in [7, 11) is 2.06. The second-order valence-electron chi connectivity index (χ2n) is 14.2. The number of allylic oxidation sites excluding steroid dienone is 5. The van der Waals surface area contributed by atoms with E-state index < -0.39 is 0 Å². The number of aliphatic imine (C=N–C) groups is 2. The molecule has 4 rings (SSSR count). The Hall–Kier alpha value is -3.51. The third kappa shape index (κ3) is 13.2. The summed E-state index contributed by atoms with van der Waals surface area (Å²) in [5, 5.41) is 11.5. The highest BCUT2D eigenvalue weighted by Gasteiger charge is 2.22. The number of rotatable bonds is 11. The van der Waals surface area contributed by atoms with E-state index >= 15 is 0 Å². The second kappa shape index (κ2) is 20.8. The number of hydrogen-bond donors (Lipinski definition) is 2. The van der Waals surface area contributed by atoms with Gasteiger partial charge in [-0.1, -0.05) is 128 Å². The normalized spacial score (nSPS) is 17.3. The van der Waals surface area contributed by atoms with Crippen molar-refractivity contribution in [1.29, 1.82) is 0 Å². The maximum atomic E-state index is 11.7. The summed E-state index contributed by atoms with van der Waals surface area (Å²) in [5.41, 5.74) is 8.23. The van der Waals surface area contributed by atoms with Gasteiger partial charge in [-0.05, 0) is 79.6 Å². The Labute approximate surface area is 292 Å². The van der Waals surface area contributed by atoms with Gasteiger partial charge in [0.25, 0.3) is 0 Å². The highest BCUT2D eigenvalue weighted by atomic mass is 16.3. The molecule has 6 heteroatoms. The van der Waals surface area contributed by atoms with Crippen LogP contribution in [-0.4, -0.2) is 47.8 Å². The van der Waals surface area contributed by atoms with Gasteiger partial charge in [0.05, 0.1) is 0 Å². The minimum atomic E-state index is -0.0449. The molecule has 48 heavy (non-hydrogen) atoms. The standard InChI is InChI=1S/C29H36N4O.C7H14.C6H14O/c1-7-11-27(33(6)21(5)30-8-2)26(20(3)4)18-22-14-16-23(17-15-22)24-12-9-10-13-25(24)29-31-19-28(34)32-29;1-7-5-3-2-4-6-7;1-4-6(2,3)5-7/h8,12-17H,2-3,7,9-11,18-19H2,1,4-6H3,(H,31,32,34);7H,2-6H2,1H3;7H,4-5H2,1-3H3/b27-26-,30-21?;;. The van der Waals surface area contributed by atoms with Gasteiger partial charge in [-0.2, -0.15) is 0 Å². The SMILES string of the molecule is C=CN=C(C)N(C)/C(CCC)=C(/Cc1ccc(C2=CCCC=C2C2=NCC(=O)N2)cc1)C(=C)C.CC1CCCCC1.CCC(C)(C)CO. The molecule has 0 radical (unpaired) electrons. The molecule has 264 valence electrons. The molecule has 0 bridgehead atoms. The molecule has 0 unspecified atom stereocenters. The van der Waals surface area contributed by atoms with E-state index in [0.29, 0.717) is 12.4 Å². The van der Waals surface area contributed by atoms with Crippen LogP contribution in [0.1, 0.15) is 124 Å². The molecule has 1 aromatic rings. The molecule has 1 aliphatic heterocycles. The highest BCUT2D eigenvalue weighted by Crippen LogP contribution is 2.31. The Balaban J connectivity index is 0.000000472. The van der Waals surface area contributed by atoms with E-state index in [0.717, 1.165) is 72.6 Å². The molecule has 0 spiro atoms. The summed E-state index contributed by atoms with van der Waals surface area (Å²) in [4.78, 5) is 22.6. The number of aliphatic hydroxyl groups excluding tert-OH is 1. The lowest BCUT2D eigenvalue weighted by molar-refractivity contribution is -0.117. The average Bonchev–Trinajstić information content (AvgIpc) is 3.53. The summed E-state index contributed by atoms with van der Waals surface area (Å²) in [5.74, 6) is 2.60. The summed E-state index contributed by atoms with van der Waals surface area (Å²) >= 11 is 0. The van der Waals surface area contributed by atoms with Crippen LogP contribution in [0.25, 0.3) is 5.57 Å². The van der Waals surface area contributed by atoms with Gasteiger partial charge in [0, 0.05) is 31.1 Å². The van der Waals surface area contributed by atoms with Crippen molar-refractivity contribution in [1.82, 2.24) is 10.2 Å². The maximum absolute atomic E-state index is 11.7. The van der Waals surface area contributed by atoms with Gasteiger partial charge in [0.2, 0.25) is 5.91 Å². The van der Waals surface area contributed by atoms with Gasteiger partial charge in [-0.3, -0.25) is 9.79 Å². The van der Waals surface area contributed by atoms with E-state index in [1.165, 1.54) is 48.9 Å². The quantitative estimate of drug-likeness (QED) is 0.141. The maximum Gasteiger partial charge on any atom is 0.247 e. The third-order valence-corrected chi connectivity index (χ3v) is 9.49. The predicted molar refractivity (Wildman–Crippen MR) is 207 cm³/mol. The van der Waals surface area contributed by atoms with E-state index in [2.05, 4.69) is 105 Å². The highest BCUT2D eigenvalue weighted by molar-refractivity contribution is 6.20. The lowest BCUT2D eigenvalue weighted by Gasteiger charge is -2.26. The van der Waals surface area contributed by atoms with E-state index in [1.807, 2.05) is 20.8 Å². The third-order valence-electron chi connectivity index (χ3n) is 9.49. The van der Waals surface area contributed by atoms with Crippen LogP contribution in [0.15, 0.2) is 88.2 Å². The minimum Gasteiger partial charge on any atom is -0.396 e. The van der Waals surface area contributed by atoms with Crippen molar-refractivity contribution in [2.75, 3.05) is 20.2 Å². The number of carbonyl (C=O) groups excluding carboxylic acids is 1. The van der Waals surface area contributed by atoms with Gasteiger partial charge < -0.3 is 15.3 Å². The van der Waals surface area contributed by atoms with Crippen molar-refractivity contribution in [3.05, 3.63) is 89.3 Å². The molecule has 0 aromatic heterocycles. The fourth-order valence-corrected chi connectivity index (χ4v) is 5.78. The molecular weight excluding hydrogens is 592 g/mol. The van der Waals surface area contributed by atoms with Crippen LogP contribution >= 0.6 is 0 Å². The van der Waals surface area contributed by atoms with Crippen LogP contribution in [0, 0.1) is 11.3 Å². The van der Waals surface area contributed by atoms with Gasteiger partial charge in [-0.15, -0.1) is 0 Å². The molecule has 1 fully saturated rings. The summed E-state index contributed by atoms with van der Waals surface area (Å²) < 4.78 is 0. The zero-order chi connectivity index (χ0) is 35.7. The van der Waals surface area contributed by atoms with Crippen LogP contribution < -0.4 is 5.32 Å². The Morgan fingerprint density at radius 1 is 1.08 bits per heavy atom. The number of aliphatic hydroxyl groups is 1. The van der Waals surface area contributed by atoms with Gasteiger partial charge in [-0.25, -0.2) is 4.99 Å². The Kier molecular flexibility index (Phi) is 17.6. The van der Waals surface area contributed by atoms with Gasteiger partial charge in [0.1, 0.15) is 18.2 Å². The molecule has 6 nitrogen and oxygen atoms in total. The number of nitrogens with one attached hydrogen (secondary N) is 1. The summed E-state index contributed by atoms with van der Waals surface area (Å²) in [6.45, 7) is 23.3. The molecule has 1 aromatic carbocycles. The first kappa shape index (κ1) is 40.7. The topological polar surface area (TPSA) is 77.3 Å². The van der Waals surface area contributed by atoms with E-state index in [9.17, 15) is 4.79 Å². The van der Waals surface area contributed by atoms with Crippen LogP contribution in [0.2, 0.25) is 0 Å². The molecule has 1 saturated carbocycles. The van der Waals surface area contributed by atoms with Crippen LogP contribution in [0.5, 0.6) is 0 Å². The minimum absolute atomic E-state index is 0.0449. The molecule has 0 saturated heterocycles. The van der Waals surface area contributed by atoms with Crippen molar-refractivity contribution in [2.24, 2.45) is 21.3 Å². The number of hydrogen-bond acceptors (Lipinski definition) is 4. The monoisotopic (exact) mass is 657 g/mol. The number of benzene rings is 1.